The lowest BCUT2D eigenvalue weighted by molar-refractivity contribution is -0.123. The predicted molar refractivity (Wildman–Crippen MR) is 115 cm³/mol. The zero-order valence-electron chi connectivity index (χ0n) is 15.6. The molecule has 0 aliphatic carbocycles. The fraction of sp³-hybridized carbons (Fsp3) is 0.706. The molecule has 8 nitrogen and oxygen atoms in total. The van der Waals surface area contributed by atoms with Crippen molar-refractivity contribution in [3.63, 3.8) is 0 Å². The fourth-order valence-corrected chi connectivity index (χ4v) is 3.10. The summed E-state index contributed by atoms with van der Waals surface area (Å²) >= 11 is 0. The number of aromatic nitrogens is 2. The van der Waals surface area contributed by atoms with E-state index in [1.165, 1.54) is 0 Å². The van der Waals surface area contributed by atoms with Gasteiger partial charge in [-0.05, 0) is 44.8 Å². The molecule has 148 valence electrons. The highest BCUT2D eigenvalue weighted by atomic mass is 127. The van der Waals surface area contributed by atoms with E-state index in [-0.39, 0.29) is 35.8 Å². The number of primary amides is 1. The van der Waals surface area contributed by atoms with Crippen LogP contribution in [0.15, 0.2) is 23.5 Å². The minimum absolute atomic E-state index is 0. The molecule has 1 saturated heterocycles. The van der Waals surface area contributed by atoms with E-state index in [0.29, 0.717) is 0 Å². The van der Waals surface area contributed by atoms with Gasteiger partial charge in [-0.25, -0.2) is 0 Å². The van der Waals surface area contributed by atoms with Crippen LogP contribution in [-0.2, 0) is 11.3 Å². The normalized spacial score (nSPS) is 18.2. The molecule has 2 heterocycles. The molecule has 26 heavy (non-hydrogen) atoms. The van der Waals surface area contributed by atoms with E-state index in [9.17, 15) is 4.79 Å². The average molecular weight is 477 g/mol. The summed E-state index contributed by atoms with van der Waals surface area (Å²) in [6.07, 6.45) is 7.75. The molecule has 1 unspecified atom stereocenters. The minimum Gasteiger partial charge on any atom is -0.369 e. The van der Waals surface area contributed by atoms with Crippen molar-refractivity contribution in [2.75, 3.05) is 39.8 Å². The highest BCUT2D eigenvalue weighted by Gasteiger charge is 2.23. The number of carbonyl (C=O) groups is 1. The number of aliphatic imine (C=N–C) groups is 1. The number of hydrogen-bond donors (Lipinski definition) is 3. The monoisotopic (exact) mass is 477 g/mol. The summed E-state index contributed by atoms with van der Waals surface area (Å²) in [7, 11) is 1.78. The van der Waals surface area contributed by atoms with Crippen molar-refractivity contribution in [1.82, 2.24) is 25.3 Å². The molecule has 1 amide bonds. The maximum atomic E-state index is 11.3. The second kappa shape index (κ2) is 12.9. The van der Waals surface area contributed by atoms with Gasteiger partial charge in [0.2, 0.25) is 5.91 Å². The van der Waals surface area contributed by atoms with Crippen LogP contribution < -0.4 is 16.4 Å². The molecule has 9 heteroatoms. The number of hydrogen-bond acceptors (Lipinski definition) is 4. The van der Waals surface area contributed by atoms with E-state index >= 15 is 0 Å². The molecule has 0 saturated carbocycles. The van der Waals surface area contributed by atoms with Gasteiger partial charge in [0.15, 0.2) is 5.96 Å². The van der Waals surface area contributed by atoms with E-state index in [0.717, 1.165) is 70.9 Å². The molecule has 4 N–H and O–H groups in total. The van der Waals surface area contributed by atoms with E-state index in [1.54, 1.807) is 13.2 Å². The third-order valence-electron chi connectivity index (χ3n) is 4.49. The number of carbonyl (C=O) groups excluding carboxylic acids is 1. The van der Waals surface area contributed by atoms with Gasteiger partial charge < -0.3 is 21.3 Å². The van der Waals surface area contributed by atoms with Crippen LogP contribution in [0.3, 0.4) is 0 Å². The first-order valence-electron chi connectivity index (χ1n) is 9.12. The molecule has 0 aromatic carbocycles. The van der Waals surface area contributed by atoms with Crippen molar-refractivity contribution in [2.45, 2.75) is 32.2 Å². The SMILES string of the molecule is CN=C(NCCCN1CCCC(C(N)=O)C1)NCCCn1cccn1.I. The third kappa shape index (κ3) is 8.35. The van der Waals surface area contributed by atoms with Gasteiger partial charge in [-0.1, -0.05) is 0 Å². The number of nitrogens with one attached hydrogen (secondary N) is 2. The number of rotatable bonds is 9. The molecule has 0 bridgehead atoms. The summed E-state index contributed by atoms with van der Waals surface area (Å²) in [4.78, 5) is 17.9. The lowest BCUT2D eigenvalue weighted by atomic mass is 9.97. The second-order valence-corrected chi connectivity index (χ2v) is 6.44. The van der Waals surface area contributed by atoms with Crippen LogP contribution in [0, 0.1) is 5.92 Å². The molecule has 1 aromatic heterocycles. The molecular formula is C17H32IN7O. The Balaban J connectivity index is 0.00000338. The number of nitrogens with zero attached hydrogens (tertiary/aromatic N) is 4. The predicted octanol–water partition coefficient (Wildman–Crippen LogP) is 0.644. The number of nitrogens with two attached hydrogens (primary N) is 1. The zero-order chi connectivity index (χ0) is 17.9. The zero-order valence-corrected chi connectivity index (χ0v) is 17.9. The summed E-state index contributed by atoms with van der Waals surface area (Å²) in [5, 5.41) is 10.8. The Morgan fingerprint density at radius 2 is 2.04 bits per heavy atom. The van der Waals surface area contributed by atoms with Crippen molar-refractivity contribution >= 4 is 35.8 Å². The van der Waals surface area contributed by atoms with E-state index in [4.69, 9.17) is 5.73 Å². The van der Waals surface area contributed by atoms with E-state index in [2.05, 4.69) is 25.6 Å². The molecule has 1 atom stereocenters. The van der Waals surface area contributed by atoms with Crippen LogP contribution in [0.2, 0.25) is 0 Å². The lowest BCUT2D eigenvalue weighted by Crippen LogP contribution is -2.43. The van der Waals surface area contributed by atoms with E-state index in [1.807, 2.05) is 16.9 Å². The Labute approximate surface area is 173 Å². The summed E-state index contributed by atoms with van der Waals surface area (Å²) in [6.45, 7) is 5.45. The molecule has 1 aliphatic rings. The molecule has 2 rings (SSSR count). The summed E-state index contributed by atoms with van der Waals surface area (Å²) in [5.41, 5.74) is 5.42. The molecule has 0 radical (unpaired) electrons. The highest BCUT2D eigenvalue weighted by Crippen LogP contribution is 2.15. The topological polar surface area (TPSA) is 101 Å². The maximum Gasteiger partial charge on any atom is 0.221 e. The van der Waals surface area contributed by atoms with Gasteiger partial charge in [0, 0.05) is 45.6 Å². The van der Waals surface area contributed by atoms with Gasteiger partial charge in [0.1, 0.15) is 0 Å². The first kappa shape index (κ1) is 22.7. The summed E-state index contributed by atoms with van der Waals surface area (Å²) in [5.74, 6) is 0.683. The first-order valence-corrected chi connectivity index (χ1v) is 9.12. The molecular weight excluding hydrogens is 445 g/mol. The summed E-state index contributed by atoms with van der Waals surface area (Å²) in [6, 6.07) is 1.93. The third-order valence-corrected chi connectivity index (χ3v) is 4.49. The van der Waals surface area contributed by atoms with Crippen LogP contribution >= 0.6 is 24.0 Å². The second-order valence-electron chi connectivity index (χ2n) is 6.44. The van der Waals surface area contributed by atoms with Crippen molar-refractivity contribution in [1.29, 1.82) is 0 Å². The van der Waals surface area contributed by atoms with Crippen molar-refractivity contribution in [3.05, 3.63) is 18.5 Å². The van der Waals surface area contributed by atoms with Crippen LogP contribution in [0.25, 0.3) is 0 Å². The van der Waals surface area contributed by atoms with Crippen LogP contribution in [0.4, 0.5) is 0 Å². The fourth-order valence-electron chi connectivity index (χ4n) is 3.10. The summed E-state index contributed by atoms with van der Waals surface area (Å²) < 4.78 is 1.93. The van der Waals surface area contributed by atoms with Gasteiger partial charge >= 0.3 is 0 Å². The van der Waals surface area contributed by atoms with Crippen LogP contribution in [-0.4, -0.2) is 66.3 Å². The first-order chi connectivity index (χ1) is 12.2. The average Bonchev–Trinajstić information content (AvgIpc) is 3.14. The van der Waals surface area contributed by atoms with Crippen LogP contribution in [0.5, 0.6) is 0 Å². The van der Waals surface area contributed by atoms with Gasteiger partial charge in [-0.2, -0.15) is 5.10 Å². The Kier molecular flexibility index (Phi) is 11.3. The van der Waals surface area contributed by atoms with Crippen LogP contribution in [0.1, 0.15) is 25.7 Å². The van der Waals surface area contributed by atoms with Crippen molar-refractivity contribution in [2.24, 2.45) is 16.6 Å². The highest BCUT2D eigenvalue weighted by molar-refractivity contribution is 14.0. The maximum absolute atomic E-state index is 11.3. The van der Waals surface area contributed by atoms with E-state index < -0.39 is 0 Å². The Bertz CT molecular complexity index is 535. The molecule has 1 aliphatic heterocycles. The Hall–Kier alpha value is -1.36. The van der Waals surface area contributed by atoms with Gasteiger partial charge in [-0.15, -0.1) is 24.0 Å². The van der Waals surface area contributed by atoms with Crippen molar-refractivity contribution in [3.8, 4) is 0 Å². The Morgan fingerprint density at radius 1 is 1.31 bits per heavy atom. The standard InChI is InChI=1S/C17H31N7O.HI/c1-19-17(21-8-4-12-24-13-5-9-22-24)20-7-3-11-23-10-2-6-15(14-23)16(18)25;/h5,9,13,15H,2-4,6-8,10-12,14H2,1H3,(H2,18,25)(H2,19,20,21);1H. The number of aryl methyl sites for hydroxylation is 1. The lowest BCUT2D eigenvalue weighted by Gasteiger charge is -2.31. The molecule has 0 spiro atoms. The van der Waals surface area contributed by atoms with Gasteiger partial charge in [0.05, 0.1) is 5.92 Å². The smallest absolute Gasteiger partial charge is 0.221 e. The number of halogens is 1. The van der Waals surface area contributed by atoms with Gasteiger partial charge in [0.25, 0.3) is 0 Å². The number of likely N-dealkylation sites (tertiary alicyclic amines) is 1. The largest absolute Gasteiger partial charge is 0.369 e. The number of guanidine groups is 1. The van der Waals surface area contributed by atoms with Gasteiger partial charge in [-0.3, -0.25) is 14.5 Å². The molecule has 1 fully saturated rings. The number of amides is 1. The number of piperidine rings is 1. The Morgan fingerprint density at radius 3 is 2.65 bits per heavy atom. The minimum atomic E-state index is -0.164. The quantitative estimate of drug-likeness (QED) is 0.210. The van der Waals surface area contributed by atoms with Crippen molar-refractivity contribution < 1.29 is 4.79 Å². The molecule has 1 aromatic rings.